The number of rotatable bonds is 2. The molecule has 0 saturated heterocycles. The van der Waals surface area contributed by atoms with Gasteiger partial charge in [0.15, 0.2) is 0 Å². The van der Waals surface area contributed by atoms with Crippen molar-refractivity contribution in [3.8, 4) is 16.9 Å². The van der Waals surface area contributed by atoms with E-state index in [-0.39, 0.29) is 5.02 Å². The molecule has 0 spiro atoms. The molecule has 2 N–H and O–H groups in total. The lowest BCUT2D eigenvalue weighted by Crippen LogP contribution is -1.98. The first-order valence-electron chi connectivity index (χ1n) is 6.15. The van der Waals surface area contributed by atoms with Crippen LogP contribution in [-0.4, -0.2) is 17.1 Å². The quantitative estimate of drug-likeness (QED) is 0.784. The van der Waals surface area contributed by atoms with E-state index in [4.69, 9.17) is 22.1 Å². The summed E-state index contributed by atoms with van der Waals surface area (Å²) >= 11 is 5.87. The molecule has 0 atom stereocenters. The van der Waals surface area contributed by atoms with Crippen molar-refractivity contribution in [2.75, 3.05) is 12.8 Å². The van der Waals surface area contributed by atoms with Gasteiger partial charge in [-0.2, -0.15) is 0 Å². The SMILES string of the molecule is COc1ccc2c(N)ncnc2c1-c1cccc(Cl)c1F. The molecule has 0 amide bonds. The summed E-state index contributed by atoms with van der Waals surface area (Å²) in [4.78, 5) is 8.16. The maximum Gasteiger partial charge on any atom is 0.149 e. The van der Waals surface area contributed by atoms with Gasteiger partial charge in [-0.05, 0) is 18.2 Å². The van der Waals surface area contributed by atoms with E-state index in [0.717, 1.165) is 0 Å². The highest BCUT2D eigenvalue weighted by Gasteiger charge is 2.18. The minimum Gasteiger partial charge on any atom is -0.496 e. The molecule has 0 unspecified atom stereocenters. The van der Waals surface area contributed by atoms with Gasteiger partial charge in [0, 0.05) is 10.9 Å². The van der Waals surface area contributed by atoms with Crippen LogP contribution in [0.5, 0.6) is 5.75 Å². The average molecular weight is 304 g/mol. The summed E-state index contributed by atoms with van der Waals surface area (Å²) in [6, 6.07) is 8.23. The number of hydrogen-bond acceptors (Lipinski definition) is 4. The number of hydrogen-bond donors (Lipinski definition) is 1. The highest BCUT2D eigenvalue weighted by Crippen LogP contribution is 2.39. The standard InChI is InChI=1S/C15H11ClFN3O/c1-21-11-6-5-9-14(19-7-20-15(9)18)12(11)8-3-2-4-10(16)13(8)17/h2-7H,1H3,(H2,18,19,20). The second kappa shape index (κ2) is 5.18. The van der Waals surface area contributed by atoms with E-state index in [2.05, 4.69) is 9.97 Å². The second-order valence-corrected chi connectivity index (χ2v) is 4.81. The van der Waals surface area contributed by atoms with E-state index in [1.54, 1.807) is 24.3 Å². The Bertz CT molecular complexity index is 839. The van der Waals surface area contributed by atoms with Gasteiger partial charge >= 0.3 is 0 Å². The fraction of sp³-hybridized carbons (Fsp3) is 0.0667. The van der Waals surface area contributed by atoms with Gasteiger partial charge in [-0.25, -0.2) is 14.4 Å². The zero-order valence-corrected chi connectivity index (χ0v) is 11.9. The van der Waals surface area contributed by atoms with Gasteiger partial charge in [0.2, 0.25) is 0 Å². The van der Waals surface area contributed by atoms with Crippen molar-refractivity contribution in [3.05, 3.63) is 47.5 Å². The third kappa shape index (κ3) is 2.15. The molecule has 0 fully saturated rings. The minimum atomic E-state index is -0.526. The number of nitrogens with zero attached hydrogens (tertiary/aromatic N) is 2. The lowest BCUT2D eigenvalue weighted by atomic mass is 10.0. The molecule has 6 heteroatoms. The molecule has 2 aromatic carbocycles. The highest BCUT2D eigenvalue weighted by molar-refractivity contribution is 6.31. The Hall–Kier alpha value is -2.40. The number of benzene rings is 2. The number of anilines is 1. The van der Waals surface area contributed by atoms with Gasteiger partial charge in [0.05, 0.1) is 23.2 Å². The minimum absolute atomic E-state index is 0.0357. The smallest absolute Gasteiger partial charge is 0.149 e. The van der Waals surface area contributed by atoms with E-state index in [1.807, 2.05) is 0 Å². The van der Waals surface area contributed by atoms with Crippen LogP contribution in [0.15, 0.2) is 36.7 Å². The molecule has 21 heavy (non-hydrogen) atoms. The average Bonchev–Trinajstić information content (AvgIpc) is 2.49. The molecule has 106 valence electrons. The molecule has 0 saturated carbocycles. The fourth-order valence-corrected chi connectivity index (χ4v) is 2.43. The molecule has 1 heterocycles. The Labute approximate surface area is 125 Å². The summed E-state index contributed by atoms with van der Waals surface area (Å²) in [5.41, 5.74) is 7.18. The summed E-state index contributed by atoms with van der Waals surface area (Å²) in [5, 5.41) is 0.668. The zero-order chi connectivity index (χ0) is 15.0. The number of nitrogen functional groups attached to an aromatic ring is 1. The van der Waals surface area contributed by atoms with Crippen molar-refractivity contribution in [1.82, 2.24) is 9.97 Å². The number of halogens is 2. The van der Waals surface area contributed by atoms with Crippen LogP contribution >= 0.6 is 11.6 Å². The van der Waals surface area contributed by atoms with Crippen molar-refractivity contribution < 1.29 is 9.13 Å². The first-order chi connectivity index (χ1) is 10.1. The van der Waals surface area contributed by atoms with E-state index in [0.29, 0.717) is 33.6 Å². The summed E-state index contributed by atoms with van der Waals surface area (Å²) in [7, 11) is 1.51. The van der Waals surface area contributed by atoms with Gasteiger partial charge in [-0.1, -0.05) is 23.7 Å². The second-order valence-electron chi connectivity index (χ2n) is 4.40. The number of methoxy groups -OCH3 is 1. The van der Waals surface area contributed by atoms with E-state index < -0.39 is 5.82 Å². The molecule has 0 bridgehead atoms. The topological polar surface area (TPSA) is 61.0 Å². The molecule has 0 aliphatic rings. The third-order valence-corrected chi connectivity index (χ3v) is 3.53. The largest absolute Gasteiger partial charge is 0.496 e. The summed E-state index contributed by atoms with van der Waals surface area (Å²) < 4.78 is 19.7. The van der Waals surface area contributed by atoms with Crippen LogP contribution in [0.3, 0.4) is 0 Å². The first kappa shape index (κ1) is 13.6. The van der Waals surface area contributed by atoms with Crippen molar-refractivity contribution in [2.24, 2.45) is 0 Å². The van der Waals surface area contributed by atoms with Crippen LogP contribution in [0, 0.1) is 5.82 Å². The normalized spacial score (nSPS) is 10.8. The van der Waals surface area contributed by atoms with Crippen molar-refractivity contribution >= 4 is 28.3 Å². The van der Waals surface area contributed by atoms with Crippen LogP contribution in [0.2, 0.25) is 5.02 Å². The summed E-state index contributed by atoms with van der Waals surface area (Å²) in [6.07, 6.45) is 1.34. The number of nitrogens with two attached hydrogens (primary N) is 1. The van der Waals surface area contributed by atoms with Gasteiger partial charge in [-0.3, -0.25) is 0 Å². The summed E-state index contributed by atoms with van der Waals surface area (Å²) in [5.74, 6) is 0.287. The molecule has 1 aromatic heterocycles. The predicted octanol–water partition coefficient (Wildman–Crippen LogP) is 3.68. The maximum atomic E-state index is 14.4. The highest BCUT2D eigenvalue weighted by atomic mass is 35.5. The number of ether oxygens (including phenoxy) is 1. The molecule has 0 radical (unpaired) electrons. The van der Waals surface area contributed by atoms with Crippen LogP contribution in [0.1, 0.15) is 0 Å². The molecule has 4 nitrogen and oxygen atoms in total. The van der Waals surface area contributed by atoms with Crippen LogP contribution < -0.4 is 10.5 Å². The van der Waals surface area contributed by atoms with Gasteiger partial charge in [-0.15, -0.1) is 0 Å². The van der Waals surface area contributed by atoms with Gasteiger partial charge < -0.3 is 10.5 Å². The third-order valence-electron chi connectivity index (χ3n) is 3.24. The van der Waals surface area contributed by atoms with E-state index in [9.17, 15) is 4.39 Å². The maximum absolute atomic E-state index is 14.4. The lowest BCUT2D eigenvalue weighted by Gasteiger charge is -2.13. The van der Waals surface area contributed by atoms with Gasteiger partial charge in [0.1, 0.15) is 23.7 Å². The Morgan fingerprint density at radius 2 is 2.00 bits per heavy atom. The lowest BCUT2D eigenvalue weighted by molar-refractivity contribution is 0.416. The van der Waals surface area contributed by atoms with Gasteiger partial charge in [0.25, 0.3) is 0 Å². The van der Waals surface area contributed by atoms with Crippen molar-refractivity contribution in [3.63, 3.8) is 0 Å². The van der Waals surface area contributed by atoms with E-state index >= 15 is 0 Å². The zero-order valence-electron chi connectivity index (χ0n) is 11.1. The van der Waals surface area contributed by atoms with E-state index in [1.165, 1.54) is 19.5 Å². The molecule has 3 aromatic rings. The predicted molar refractivity (Wildman–Crippen MR) is 80.9 cm³/mol. The molecule has 0 aliphatic carbocycles. The number of aromatic nitrogens is 2. The van der Waals surface area contributed by atoms with Crippen molar-refractivity contribution in [1.29, 1.82) is 0 Å². The Morgan fingerprint density at radius 1 is 1.19 bits per heavy atom. The molecular weight excluding hydrogens is 293 g/mol. The first-order valence-corrected chi connectivity index (χ1v) is 6.53. The summed E-state index contributed by atoms with van der Waals surface area (Å²) in [6.45, 7) is 0. The molecular formula is C15H11ClFN3O. The Balaban J connectivity index is 2.45. The molecule has 3 rings (SSSR count). The van der Waals surface area contributed by atoms with Crippen molar-refractivity contribution in [2.45, 2.75) is 0 Å². The Kier molecular flexibility index (Phi) is 3.35. The van der Waals surface area contributed by atoms with Crippen LogP contribution in [-0.2, 0) is 0 Å². The van der Waals surface area contributed by atoms with Crippen LogP contribution in [0.25, 0.3) is 22.0 Å². The molecule has 0 aliphatic heterocycles. The fourth-order valence-electron chi connectivity index (χ4n) is 2.26. The number of fused-ring (bicyclic) bond motifs is 1. The van der Waals surface area contributed by atoms with Crippen LogP contribution in [0.4, 0.5) is 10.2 Å². The monoisotopic (exact) mass is 303 g/mol. The Morgan fingerprint density at radius 3 is 2.76 bits per heavy atom.